The van der Waals surface area contributed by atoms with E-state index in [0.717, 1.165) is 11.1 Å². The number of hydrogen-bond donors (Lipinski definition) is 3. The molecule has 0 aromatic heterocycles. The van der Waals surface area contributed by atoms with Crippen molar-refractivity contribution >= 4 is 29.6 Å². The molecule has 8 nitrogen and oxygen atoms in total. The number of carbonyl (C=O) groups excluding carboxylic acids is 3. The lowest BCUT2D eigenvalue weighted by Crippen LogP contribution is -2.56. The molecule has 2 rings (SSSR count). The summed E-state index contributed by atoms with van der Waals surface area (Å²) >= 11 is 5.87. The van der Waals surface area contributed by atoms with Gasteiger partial charge < -0.3 is 25.2 Å². The lowest BCUT2D eigenvalue weighted by atomic mass is 10.0. The summed E-state index contributed by atoms with van der Waals surface area (Å²) in [5.74, 6) is -1.42. The smallest absolute Gasteiger partial charge is 0.408 e. The average Bonchev–Trinajstić information content (AvgIpc) is 2.76. The summed E-state index contributed by atoms with van der Waals surface area (Å²) in [5, 5.41) is 15.4. The first-order chi connectivity index (χ1) is 14.8. The number of aliphatic hydroxyl groups excluding tert-OH is 1. The number of methoxy groups -OCH3 is 1. The minimum atomic E-state index is -1.33. The van der Waals surface area contributed by atoms with Crippen LogP contribution in [0.15, 0.2) is 54.6 Å². The number of carbonyl (C=O) groups is 3. The number of aliphatic hydroxyl groups is 1. The Morgan fingerprint density at radius 3 is 2.23 bits per heavy atom. The largest absolute Gasteiger partial charge is 0.467 e. The van der Waals surface area contributed by atoms with E-state index in [-0.39, 0.29) is 13.0 Å². The molecule has 3 atom stereocenters. The first-order valence-electron chi connectivity index (χ1n) is 9.58. The molecule has 2 aromatic rings. The van der Waals surface area contributed by atoms with Gasteiger partial charge in [0.25, 0.3) is 0 Å². The molecule has 166 valence electrons. The number of alkyl carbamates (subject to hydrolysis) is 1. The molecule has 0 heterocycles. The fourth-order valence-electron chi connectivity index (χ4n) is 2.75. The predicted octanol–water partition coefficient (Wildman–Crippen LogP) is 2.22. The van der Waals surface area contributed by atoms with Crippen LogP contribution in [-0.2, 0) is 32.1 Å². The maximum atomic E-state index is 12.7. The van der Waals surface area contributed by atoms with Crippen LogP contribution in [0.5, 0.6) is 0 Å². The Morgan fingerprint density at radius 1 is 1.00 bits per heavy atom. The molecule has 0 fully saturated rings. The SMILES string of the molecule is COC(=O)[C@@H](Cc1ccc(Cl)cc1)NC(=O)[C@@H](NC(=O)OCc1ccccc1)[C@@H](C)O. The van der Waals surface area contributed by atoms with Crippen LogP contribution in [0.25, 0.3) is 0 Å². The zero-order valence-electron chi connectivity index (χ0n) is 17.2. The van der Waals surface area contributed by atoms with Crippen LogP contribution < -0.4 is 10.6 Å². The number of esters is 1. The molecule has 0 saturated heterocycles. The van der Waals surface area contributed by atoms with Gasteiger partial charge in [-0.15, -0.1) is 0 Å². The second-order valence-corrected chi connectivity index (χ2v) is 7.28. The van der Waals surface area contributed by atoms with E-state index < -0.39 is 36.2 Å². The zero-order chi connectivity index (χ0) is 22.8. The number of amides is 2. The molecule has 2 amide bonds. The van der Waals surface area contributed by atoms with Crippen LogP contribution in [-0.4, -0.2) is 48.4 Å². The lowest BCUT2D eigenvalue weighted by molar-refractivity contribution is -0.145. The van der Waals surface area contributed by atoms with E-state index in [1.54, 1.807) is 48.5 Å². The third-order valence-electron chi connectivity index (χ3n) is 4.41. The molecule has 0 unspecified atom stereocenters. The molecular formula is C22H25ClN2O6. The van der Waals surface area contributed by atoms with Crippen LogP contribution in [0, 0.1) is 0 Å². The van der Waals surface area contributed by atoms with Gasteiger partial charge in [0.2, 0.25) is 5.91 Å². The van der Waals surface area contributed by atoms with Gasteiger partial charge in [-0.05, 0) is 30.2 Å². The highest BCUT2D eigenvalue weighted by Crippen LogP contribution is 2.12. The van der Waals surface area contributed by atoms with E-state index in [9.17, 15) is 19.5 Å². The Kier molecular flexibility index (Phi) is 9.30. The van der Waals surface area contributed by atoms with Gasteiger partial charge in [0.1, 0.15) is 18.7 Å². The second kappa shape index (κ2) is 11.9. The average molecular weight is 449 g/mol. The number of nitrogens with one attached hydrogen (secondary N) is 2. The Labute approximate surface area is 185 Å². The predicted molar refractivity (Wildman–Crippen MR) is 114 cm³/mol. The Bertz CT molecular complexity index is 873. The molecule has 0 radical (unpaired) electrons. The van der Waals surface area contributed by atoms with Gasteiger partial charge in [-0.3, -0.25) is 4.79 Å². The highest BCUT2D eigenvalue weighted by molar-refractivity contribution is 6.30. The summed E-state index contributed by atoms with van der Waals surface area (Å²) in [6.45, 7) is 1.34. The first kappa shape index (κ1) is 24.2. The van der Waals surface area contributed by atoms with Crippen molar-refractivity contribution in [3.05, 3.63) is 70.7 Å². The van der Waals surface area contributed by atoms with E-state index in [0.29, 0.717) is 5.02 Å². The molecule has 0 aliphatic rings. The van der Waals surface area contributed by atoms with Crippen molar-refractivity contribution in [2.75, 3.05) is 7.11 Å². The minimum Gasteiger partial charge on any atom is -0.467 e. The maximum absolute atomic E-state index is 12.7. The Morgan fingerprint density at radius 2 is 1.65 bits per heavy atom. The van der Waals surface area contributed by atoms with Crippen LogP contribution in [0.3, 0.4) is 0 Å². The van der Waals surface area contributed by atoms with Crippen molar-refractivity contribution in [2.24, 2.45) is 0 Å². The fourth-order valence-corrected chi connectivity index (χ4v) is 2.88. The van der Waals surface area contributed by atoms with E-state index in [4.69, 9.17) is 21.1 Å². The van der Waals surface area contributed by atoms with Crippen molar-refractivity contribution in [1.29, 1.82) is 0 Å². The molecule has 9 heteroatoms. The number of ether oxygens (including phenoxy) is 2. The molecule has 31 heavy (non-hydrogen) atoms. The monoisotopic (exact) mass is 448 g/mol. The Hall–Kier alpha value is -3.10. The molecule has 0 bridgehead atoms. The quantitative estimate of drug-likeness (QED) is 0.507. The van der Waals surface area contributed by atoms with Crippen molar-refractivity contribution in [1.82, 2.24) is 10.6 Å². The summed E-state index contributed by atoms with van der Waals surface area (Å²) in [6, 6.07) is 13.4. The molecule has 0 spiro atoms. The van der Waals surface area contributed by atoms with Crippen LogP contribution >= 0.6 is 11.6 Å². The third-order valence-corrected chi connectivity index (χ3v) is 4.66. The van der Waals surface area contributed by atoms with Crippen LogP contribution in [0.1, 0.15) is 18.1 Å². The molecule has 2 aromatic carbocycles. The van der Waals surface area contributed by atoms with Gasteiger partial charge in [0.15, 0.2) is 0 Å². The van der Waals surface area contributed by atoms with Crippen molar-refractivity contribution in [3.8, 4) is 0 Å². The van der Waals surface area contributed by atoms with Gasteiger partial charge in [-0.1, -0.05) is 54.1 Å². The molecule has 3 N–H and O–H groups in total. The second-order valence-electron chi connectivity index (χ2n) is 6.84. The Balaban J connectivity index is 2.00. The first-order valence-corrected chi connectivity index (χ1v) is 9.96. The highest BCUT2D eigenvalue weighted by atomic mass is 35.5. The van der Waals surface area contributed by atoms with E-state index in [1.165, 1.54) is 14.0 Å². The zero-order valence-corrected chi connectivity index (χ0v) is 18.0. The summed E-state index contributed by atoms with van der Waals surface area (Å²) in [6.07, 6.45) is -1.98. The van der Waals surface area contributed by atoms with E-state index in [2.05, 4.69) is 10.6 Å². The van der Waals surface area contributed by atoms with E-state index in [1.807, 2.05) is 6.07 Å². The van der Waals surface area contributed by atoms with Gasteiger partial charge in [-0.25, -0.2) is 9.59 Å². The number of hydrogen-bond acceptors (Lipinski definition) is 6. The van der Waals surface area contributed by atoms with Crippen molar-refractivity contribution in [3.63, 3.8) is 0 Å². The standard InChI is InChI=1S/C22H25ClN2O6/c1-14(26)19(25-22(29)31-13-16-6-4-3-5-7-16)20(27)24-18(21(28)30-2)12-15-8-10-17(23)11-9-15/h3-11,14,18-19,26H,12-13H2,1-2H3,(H,24,27)(H,25,29)/t14-,18-,19+/m1/s1. The van der Waals surface area contributed by atoms with Crippen LogP contribution in [0.4, 0.5) is 4.79 Å². The van der Waals surface area contributed by atoms with Gasteiger partial charge >= 0.3 is 12.1 Å². The third kappa shape index (κ3) is 7.92. The minimum absolute atomic E-state index is 0.00216. The van der Waals surface area contributed by atoms with Crippen molar-refractivity contribution < 1.29 is 29.0 Å². The van der Waals surface area contributed by atoms with Crippen molar-refractivity contribution in [2.45, 2.75) is 38.1 Å². The normalized spacial score (nSPS) is 13.4. The molecule has 0 aliphatic carbocycles. The number of halogens is 1. The van der Waals surface area contributed by atoms with Gasteiger partial charge in [0, 0.05) is 11.4 Å². The summed E-state index contributed by atoms with van der Waals surface area (Å²) in [4.78, 5) is 37.0. The van der Waals surface area contributed by atoms with E-state index >= 15 is 0 Å². The number of rotatable bonds is 9. The highest BCUT2D eigenvalue weighted by Gasteiger charge is 2.30. The summed E-state index contributed by atoms with van der Waals surface area (Å²) < 4.78 is 9.86. The summed E-state index contributed by atoms with van der Waals surface area (Å²) in [5.41, 5.74) is 1.51. The summed E-state index contributed by atoms with van der Waals surface area (Å²) in [7, 11) is 1.20. The van der Waals surface area contributed by atoms with Crippen LogP contribution in [0.2, 0.25) is 5.02 Å². The molecule has 0 saturated carbocycles. The fraction of sp³-hybridized carbons (Fsp3) is 0.318. The van der Waals surface area contributed by atoms with Gasteiger partial charge in [0.05, 0.1) is 13.2 Å². The lowest BCUT2D eigenvalue weighted by Gasteiger charge is -2.23. The maximum Gasteiger partial charge on any atom is 0.408 e. The topological polar surface area (TPSA) is 114 Å². The molecular weight excluding hydrogens is 424 g/mol. The van der Waals surface area contributed by atoms with Gasteiger partial charge in [-0.2, -0.15) is 0 Å². The molecule has 0 aliphatic heterocycles. The number of benzene rings is 2.